The maximum Gasteiger partial charge on any atom is 0.322 e. The van der Waals surface area contributed by atoms with E-state index in [1.165, 1.54) is 0 Å². The summed E-state index contributed by atoms with van der Waals surface area (Å²) in [5.41, 5.74) is 16.0. The van der Waals surface area contributed by atoms with Crippen LogP contribution in [0, 0.1) is 5.92 Å². The Morgan fingerprint density at radius 1 is 1.07 bits per heavy atom. The zero-order valence-corrected chi connectivity index (χ0v) is 17.3. The first kappa shape index (κ1) is 27.1. The summed E-state index contributed by atoms with van der Waals surface area (Å²) in [5.74, 6) is -3.70. The molecule has 0 aliphatic carbocycles. The molecule has 0 bridgehead atoms. The fourth-order valence-corrected chi connectivity index (χ4v) is 2.36. The lowest BCUT2D eigenvalue weighted by atomic mass is 9.97. The molecule has 0 radical (unpaired) electrons. The summed E-state index contributed by atoms with van der Waals surface area (Å²) in [5, 5.41) is 25.0. The monoisotopic (exact) mass is 431 g/mol. The van der Waals surface area contributed by atoms with Crippen molar-refractivity contribution in [3.05, 3.63) is 0 Å². The highest BCUT2D eigenvalue weighted by atomic mass is 16.4. The van der Waals surface area contributed by atoms with Gasteiger partial charge >= 0.3 is 5.97 Å². The van der Waals surface area contributed by atoms with E-state index >= 15 is 0 Å². The number of rotatable bonds is 14. The van der Waals surface area contributed by atoms with E-state index in [-0.39, 0.29) is 24.8 Å². The highest BCUT2D eigenvalue weighted by molar-refractivity contribution is 5.93. The van der Waals surface area contributed by atoms with Crippen LogP contribution in [0.2, 0.25) is 0 Å². The first-order valence-electron chi connectivity index (χ1n) is 9.55. The van der Waals surface area contributed by atoms with Crippen molar-refractivity contribution in [2.75, 3.05) is 19.7 Å². The molecule has 0 aliphatic heterocycles. The number of aliphatic carboxylic acids is 1. The van der Waals surface area contributed by atoms with Crippen LogP contribution in [-0.4, -0.2) is 77.7 Å². The van der Waals surface area contributed by atoms with Gasteiger partial charge < -0.3 is 43.4 Å². The van der Waals surface area contributed by atoms with Gasteiger partial charge in [-0.3, -0.25) is 24.2 Å². The zero-order valence-electron chi connectivity index (χ0n) is 17.3. The van der Waals surface area contributed by atoms with Crippen molar-refractivity contribution in [2.24, 2.45) is 28.1 Å². The number of nitrogens with zero attached hydrogens (tertiary/aromatic N) is 1. The maximum atomic E-state index is 12.8. The van der Waals surface area contributed by atoms with Crippen LogP contribution in [0.3, 0.4) is 0 Å². The highest BCUT2D eigenvalue weighted by Crippen LogP contribution is 2.09. The van der Waals surface area contributed by atoms with Crippen LogP contribution in [0.25, 0.3) is 0 Å². The number of nitrogens with one attached hydrogen (secondary N) is 3. The summed E-state index contributed by atoms with van der Waals surface area (Å²) in [7, 11) is 0. The van der Waals surface area contributed by atoms with Gasteiger partial charge in [0.25, 0.3) is 0 Å². The molecule has 0 heterocycles. The van der Waals surface area contributed by atoms with Gasteiger partial charge in [0.1, 0.15) is 24.7 Å². The van der Waals surface area contributed by atoms with Crippen LogP contribution >= 0.6 is 0 Å². The van der Waals surface area contributed by atoms with Gasteiger partial charge in [-0.15, -0.1) is 0 Å². The molecule has 11 N–H and O–H groups in total. The van der Waals surface area contributed by atoms with Gasteiger partial charge in [-0.05, 0) is 18.8 Å². The van der Waals surface area contributed by atoms with Crippen molar-refractivity contribution < 1.29 is 29.4 Å². The van der Waals surface area contributed by atoms with E-state index in [2.05, 4.69) is 20.9 Å². The van der Waals surface area contributed by atoms with E-state index in [0.717, 1.165) is 0 Å². The van der Waals surface area contributed by atoms with Gasteiger partial charge in [-0.25, -0.2) is 0 Å². The van der Waals surface area contributed by atoms with E-state index in [0.29, 0.717) is 12.8 Å². The molecule has 13 nitrogen and oxygen atoms in total. The first-order chi connectivity index (χ1) is 14.0. The van der Waals surface area contributed by atoms with E-state index in [4.69, 9.17) is 27.4 Å². The van der Waals surface area contributed by atoms with Gasteiger partial charge in [-0.1, -0.05) is 20.3 Å². The van der Waals surface area contributed by atoms with Gasteiger partial charge in [0, 0.05) is 6.54 Å². The van der Waals surface area contributed by atoms with Crippen molar-refractivity contribution in [1.29, 1.82) is 0 Å². The minimum Gasteiger partial charge on any atom is -0.480 e. The Kier molecular flexibility index (Phi) is 12.7. The maximum absolute atomic E-state index is 12.8. The second-order valence-electron chi connectivity index (χ2n) is 6.78. The Morgan fingerprint density at radius 3 is 2.20 bits per heavy atom. The number of carboxylic acids is 1. The molecule has 4 atom stereocenters. The summed E-state index contributed by atoms with van der Waals surface area (Å²) in [6.07, 6.45) is 1.00. The lowest BCUT2D eigenvalue weighted by Gasteiger charge is -2.26. The van der Waals surface area contributed by atoms with Crippen LogP contribution in [0.1, 0.15) is 33.1 Å². The standard InChI is InChI=1S/C17H33N7O6/c1-3-9(2)13(16(30)22-7-12(26)27)24-15(29)11(5-4-6-21-17(19)20)23-14(28)10(18)8-25/h9-11,13,25H,3-8,18H2,1-2H3,(H,22,30)(H,23,28)(H,24,29)(H,26,27)(H4,19,20,21). The number of carboxylic acid groups (broad SMARTS) is 1. The summed E-state index contributed by atoms with van der Waals surface area (Å²) < 4.78 is 0. The van der Waals surface area contributed by atoms with Crippen LogP contribution in [0.4, 0.5) is 0 Å². The second kappa shape index (κ2) is 14.1. The van der Waals surface area contributed by atoms with Crippen LogP contribution in [0.5, 0.6) is 0 Å². The molecule has 0 fully saturated rings. The molecule has 4 unspecified atom stereocenters. The molecule has 0 aliphatic rings. The lowest BCUT2D eigenvalue weighted by molar-refractivity contribution is -0.139. The number of aliphatic hydroxyl groups is 1. The fourth-order valence-electron chi connectivity index (χ4n) is 2.36. The molecule has 172 valence electrons. The van der Waals surface area contributed by atoms with Gasteiger partial charge in [0.2, 0.25) is 17.7 Å². The Morgan fingerprint density at radius 2 is 1.70 bits per heavy atom. The van der Waals surface area contributed by atoms with E-state index in [9.17, 15) is 19.2 Å². The molecule has 3 amide bonds. The Balaban J connectivity index is 5.31. The summed E-state index contributed by atoms with van der Waals surface area (Å²) in [4.78, 5) is 51.6. The Labute approximate surface area is 174 Å². The van der Waals surface area contributed by atoms with Crippen LogP contribution in [-0.2, 0) is 19.2 Å². The Bertz CT molecular complexity index is 624. The number of hydrogen-bond donors (Lipinski definition) is 8. The normalized spacial score (nSPS) is 14.5. The molecule has 30 heavy (non-hydrogen) atoms. The third kappa shape index (κ3) is 10.6. The van der Waals surface area contributed by atoms with Crippen LogP contribution in [0.15, 0.2) is 4.99 Å². The molecular weight excluding hydrogens is 398 g/mol. The number of carbonyl (C=O) groups is 4. The summed E-state index contributed by atoms with van der Waals surface area (Å²) in [6, 6.07) is -3.30. The van der Waals surface area contributed by atoms with Crippen molar-refractivity contribution in [3.8, 4) is 0 Å². The third-order valence-corrected chi connectivity index (χ3v) is 4.32. The number of guanidine groups is 1. The predicted octanol–water partition coefficient (Wildman–Crippen LogP) is -3.42. The second-order valence-corrected chi connectivity index (χ2v) is 6.78. The number of aliphatic hydroxyl groups excluding tert-OH is 1. The SMILES string of the molecule is CCC(C)C(NC(=O)C(CCCN=C(N)N)NC(=O)C(N)CO)C(=O)NCC(=O)O. The average molecular weight is 431 g/mol. The van der Waals surface area contributed by atoms with Crippen molar-refractivity contribution in [3.63, 3.8) is 0 Å². The molecule has 13 heteroatoms. The number of nitrogens with two attached hydrogens (primary N) is 3. The smallest absolute Gasteiger partial charge is 0.322 e. The molecule has 0 aromatic rings. The highest BCUT2D eigenvalue weighted by Gasteiger charge is 2.30. The topological polar surface area (TPSA) is 235 Å². The summed E-state index contributed by atoms with van der Waals surface area (Å²) >= 11 is 0. The number of hydrogen-bond acceptors (Lipinski definition) is 7. The molecule has 0 aromatic carbocycles. The quantitative estimate of drug-likeness (QED) is 0.0775. The number of amides is 3. The zero-order chi connectivity index (χ0) is 23.3. The predicted molar refractivity (Wildman–Crippen MR) is 109 cm³/mol. The minimum atomic E-state index is -1.22. The largest absolute Gasteiger partial charge is 0.480 e. The van der Waals surface area contributed by atoms with E-state index < -0.39 is 55.0 Å². The molecule has 0 saturated heterocycles. The van der Waals surface area contributed by atoms with Crippen molar-refractivity contribution >= 4 is 29.7 Å². The number of carbonyl (C=O) groups excluding carboxylic acids is 3. The van der Waals surface area contributed by atoms with Gasteiger partial charge in [-0.2, -0.15) is 0 Å². The molecule has 0 spiro atoms. The summed E-state index contributed by atoms with van der Waals surface area (Å²) in [6.45, 7) is 2.54. The first-order valence-corrected chi connectivity index (χ1v) is 9.55. The van der Waals surface area contributed by atoms with Crippen molar-refractivity contribution in [1.82, 2.24) is 16.0 Å². The van der Waals surface area contributed by atoms with Gasteiger partial charge in [0.15, 0.2) is 5.96 Å². The Hall–Kier alpha value is -2.93. The minimum absolute atomic E-state index is 0.116. The number of aliphatic imine (C=N–C) groups is 1. The van der Waals surface area contributed by atoms with E-state index in [1.807, 2.05) is 6.92 Å². The van der Waals surface area contributed by atoms with E-state index in [1.54, 1.807) is 6.92 Å². The van der Waals surface area contributed by atoms with Gasteiger partial charge in [0.05, 0.1) is 6.61 Å². The van der Waals surface area contributed by atoms with Crippen molar-refractivity contribution in [2.45, 2.75) is 51.2 Å². The molecular formula is C17H33N7O6. The fraction of sp³-hybridized carbons (Fsp3) is 0.706. The lowest BCUT2D eigenvalue weighted by Crippen LogP contribution is -2.57. The average Bonchev–Trinajstić information content (AvgIpc) is 2.70. The molecule has 0 rings (SSSR count). The third-order valence-electron chi connectivity index (χ3n) is 4.32. The molecule has 0 aromatic heterocycles. The van der Waals surface area contributed by atoms with Crippen LogP contribution < -0.4 is 33.2 Å². The molecule has 0 saturated carbocycles.